The van der Waals surface area contributed by atoms with Crippen molar-refractivity contribution in [3.63, 3.8) is 0 Å². The second kappa shape index (κ2) is 5.40. The molecule has 0 spiro atoms. The van der Waals surface area contributed by atoms with E-state index in [-0.39, 0.29) is 0 Å². The third-order valence-corrected chi connectivity index (χ3v) is 2.88. The fraction of sp³-hybridized carbons (Fsp3) is 0.214. The van der Waals surface area contributed by atoms with Crippen LogP contribution in [0.5, 0.6) is 5.75 Å². The first-order valence-corrected chi connectivity index (χ1v) is 5.77. The molecule has 0 aliphatic rings. The summed E-state index contributed by atoms with van der Waals surface area (Å²) in [4.78, 5) is 4.12. The Labute approximate surface area is 107 Å². The summed E-state index contributed by atoms with van der Waals surface area (Å²) < 4.78 is 5.11. The number of hydrogen-bond donors (Lipinski definition) is 2. The maximum Gasteiger partial charge on any atom is 0.121 e. The summed E-state index contributed by atoms with van der Waals surface area (Å²) >= 11 is 0. The molecule has 2 aromatic rings. The molecule has 0 atom stereocenters. The highest BCUT2D eigenvalue weighted by Gasteiger charge is 2.02. The van der Waals surface area contributed by atoms with Gasteiger partial charge in [0.05, 0.1) is 18.5 Å². The van der Waals surface area contributed by atoms with Gasteiger partial charge >= 0.3 is 0 Å². The van der Waals surface area contributed by atoms with Gasteiger partial charge in [-0.2, -0.15) is 0 Å². The van der Waals surface area contributed by atoms with Crippen molar-refractivity contribution >= 4 is 11.4 Å². The molecular weight excluding hydrogens is 226 g/mol. The van der Waals surface area contributed by atoms with Crippen molar-refractivity contribution in [1.82, 2.24) is 4.98 Å². The third kappa shape index (κ3) is 2.71. The summed E-state index contributed by atoms with van der Waals surface area (Å²) in [6.07, 6.45) is 3.66. The molecule has 0 fully saturated rings. The molecule has 2 rings (SSSR count). The number of nitrogens with one attached hydrogen (secondary N) is 1. The predicted octanol–water partition coefficient (Wildman–Crippen LogP) is 2.59. The number of hydrogen-bond acceptors (Lipinski definition) is 4. The van der Waals surface area contributed by atoms with E-state index in [4.69, 9.17) is 10.5 Å². The second-order valence-electron chi connectivity index (χ2n) is 4.11. The van der Waals surface area contributed by atoms with Gasteiger partial charge in [-0.25, -0.2) is 0 Å². The van der Waals surface area contributed by atoms with Crippen molar-refractivity contribution in [3.8, 4) is 5.75 Å². The van der Waals surface area contributed by atoms with Gasteiger partial charge < -0.3 is 15.8 Å². The minimum atomic E-state index is 0.677. The highest BCUT2D eigenvalue weighted by atomic mass is 16.5. The number of aromatic nitrogens is 1. The van der Waals surface area contributed by atoms with Gasteiger partial charge in [0.15, 0.2) is 0 Å². The highest BCUT2D eigenvalue weighted by molar-refractivity contribution is 5.68. The zero-order chi connectivity index (χ0) is 13.0. The maximum absolute atomic E-state index is 5.94. The summed E-state index contributed by atoms with van der Waals surface area (Å²) in [6.45, 7) is 2.77. The van der Waals surface area contributed by atoms with Crippen LogP contribution in [0.25, 0.3) is 0 Å². The maximum atomic E-state index is 5.94. The van der Waals surface area contributed by atoms with Crippen LogP contribution in [0.15, 0.2) is 36.7 Å². The normalized spacial score (nSPS) is 10.1. The lowest BCUT2D eigenvalue weighted by Gasteiger charge is -2.11. The smallest absolute Gasteiger partial charge is 0.121 e. The number of rotatable bonds is 4. The van der Waals surface area contributed by atoms with Gasteiger partial charge in [0, 0.05) is 25.0 Å². The number of benzene rings is 1. The standard InChI is InChI=1S/C14H17N3O/c1-10-5-6-16-8-11(10)9-17-14-4-3-12(18-2)7-13(14)15/h3-8,17H,9,15H2,1-2H3. The molecule has 18 heavy (non-hydrogen) atoms. The van der Waals surface area contributed by atoms with Crippen molar-refractivity contribution in [2.24, 2.45) is 0 Å². The Bertz CT molecular complexity index is 540. The Balaban J connectivity index is 2.09. The molecule has 4 nitrogen and oxygen atoms in total. The van der Waals surface area contributed by atoms with Crippen LogP contribution in [0.3, 0.4) is 0 Å². The molecule has 0 aliphatic carbocycles. The van der Waals surface area contributed by atoms with Crippen LogP contribution in [-0.2, 0) is 6.54 Å². The monoisotopic (exact) mass is 243 g/mol. The predicted molar refractivity (Wildman–Crippen MR) is 73.7 cm³/mol. The lowest BCUT2D eigenvalue weighted by Crippen LogP contribution is -2.04. The Hall–Kier alpha value is -2.23. The number of nitrogens with zero attached hydrogens (tertiary/aromatic N) is 1. The van der Waals surface area contributed by atoms with Crippen molar-refractivity contribution in [1.29, 1.82) is 0 Å². The summed E-state index contributed by atoms with van der Waals surface area (Å²) in [5.41, 5.74) is 9.89. The van der Waals surface area contributed by atoms with Crippen molar-refractivity contribution < 1.29 is 4.74 Å². The number of nitrogens with two attached hydrogens (primary N) is 1. The molecule has 1 heterocycles. The van der Waals surface area contributed by atoms with E-state index in [1.54, 1.807) is 19.4 Å². The van der Waals surface area contributed by atoms with Gasteiger partial charge in [-0.05, 0) is 36.2 Å². The molecule has 3 N–H and O–H groups in total. The van der Waals surface area contributed by atoms with Crippen LogP contribution in [0, 0.1) is 6.92 Å². The second-order valence-corrected chi connectivity index (χ2v) is 4.11. The molecular formula is C14H17N3O. The molecule has 0 amide bonds. The largest absolute Gasteiger partial charge is 0.497 e. The molecule has 1 aromatic heterocycles. The zero-order valence-corrected chi connectivity index (χ0v) is 10.6. The number of nitrogen functional groups attached to an aromatic ring is 1. The van der Waals surface area contributed by atoms with Crippen LogP contribution in [0.4, 0.5) is 11.4 Å². The van der Waals surface area contributed by atoms with Crippen LogP contribution in [0.1, 0.15) is 11.1 Å². The molecule has 0 unspecified atom stereocenters. The van der Waals surface area contributed by atoms with Gasteiger partial charge in [-0.15, -0.1) is 0 Å². The van der Waals surface area contributed by atoms with Gasteiger partial charge in [-0.3, -0.25) is 4.98 Å². The van der Waals surface area contributed by atoms with Crippen LogP contribution in [0.2, 0.25) is 0 Å². The van der Waals surface area contributed by atoms with Gasteiger partial charge in [0.2, 0.25) is 0 Å². The van der Waals surface area contributed by atoms with E-state index in [2.05, 4.69) is 17.2 Å². The molecule has 0 saturated carbocycles. The minimum Gasteiger partial charge on any atom is -0.497 e. The van der Waals surface area contributed by atoms with Crippen molar-refractivity contribution in [2.45, 2.75) is 13.5 Å². The summed E-state index contributed by atoms with van der Waals surface area (Å²) in [5, 5.41) is 3.30. The fourth-order valence-electron chi connectivity index (χ4n) is 1.70. The van der Waals surface area contributed by atoms with E-state index in [1.165, 1.54) is 5.56 Å². The first-order chi connectivity index (χ1) is 8.70. The van der Waals surface area contributed by atoms with Crippen molar-refractivity contribution in [2.75, 3.05) is 18.2 Å². The first kappa shape index (κ1) is 12.2. The van der Waals surface area contributed by atoms with Gasteiger partial charge in [0.25, 0.3) is 0 Å². The summed E-state index contributed by atoms with van der Waals surface area (Å²) in [5.74, 6) is 0.760. The molecule has 0 radical (unpaired) electrons. The van der Waals surface area contributed by atoms with E-state index in [0.717, 1.165) is 17.0 Å². The topological polar surface area (TPSA) is 60.2 Å². The fourth-order valence-corrected chi connectivity index (χ4v) is 1.70. The Morgan fingerprint density at radius 3 is 2.83 bits per heavy atom. The van der Waals surface area contributed by atoms with Gasteiger partial charge in [-0.1, -0.05) is 0 Å². The SMILES string of the molecule is COc1ccc(NCc2cnccc2C)c(N)c1. The van der Waals surface area contributed by atoms with Crippen LogP contribution < -0.4 is 15.8 Å². The number of pyridine rings is 1. The molecule has 94 valence electrons. The Kier molecular flexibility index (Phi) is 3.67. The number of aryl methyl sites for hydroxylation is 1. The number of methoxy groups -OCH3 is 1. The van der Waals surface area contributed by atoms with E-state index >= 15 is 0 Å². The average Bonchev–Trinajstić information content (AvgIpc) is 2.39. The first-order valence-electron chi connectivity index (χ1n) is 5.77. The van der Waals surface area contributed by atoms with Crippen LogP contribution >= 0.6 is 0 Å². The number of anilines is 2. The van der Waals surface area contributed by atoms with E-state index < -0.39 is 0 Å². The molecule has 0 bridgehead atoms. The number of ether oxygens (including phenoxy) is 1. The molecule has 0 saturated heterocycles. The molecule has 0 aliphatic heterocycles. The highest BCUT2D eigenvalue weighted by Crippen LogP contribution is 2.24. The lowest BCUT2D eigenvalue weighted by molar-refractivity contribution is 0.415. The Morgan fingerprint density at radius 2 is 2.17 bits per heavy atom. The molecule has 1 aromatic carbocycles. The average molecular weight is 243 g/mol. The summed E-state index contributed by atoms with van der Waals surface area (Å²) in [7, 11) is 1.63. The van der Waals surface area contributed by atoms with E-state index in [0.29, 0.717) is 12.2 Å². The van der Waals surface area contributed by atoms with Gasteiger partial charge in [0.1, 0.15) is 5.75 Å². The van der Waals surface area contributed by atoms with Crippen LogP contribution in [-0.4, -0.2) is 12.1 Å². The summed E-state index contributed by atoms with van der Waals surface area (Å²) in [6, 6.07) is 7.60. The zero-order valence-electron chi connectivity index (χ0n) is 10.6. The van der Waals surface area contributed by atoms with E-state index in [9.17, 15) is 0 Å². The quantitative estimate of drug-likeness (QED) is 0.810. The molecule has 4 heteroatoms. The Morgan fingerprint density at radius 1 is 1.33 bits per heavy atom. The lowest BCUT2D eigenvalue weighted by atomic mass is 10.1. The van der Waals surface area contributed by atoms with E-state index in [1.807, 2.05) is 24.4 Å². The minimum absolute atomic E-state index is 0.677. The third-order valence-electron chi connectivity index (χ3n) is 2.88. The van der Waals surface area contributed by atoms with Crippen molar-refractivity contribution in [3.05, 3.63) is 47.8 Å².